The highest BCUT2D eigenvalue weighted by atomic mass is 16.5. The summed E-state index contributed by atoms with van der Waals surface area (Å²) in [5, 5.41) is 11.4. The third-order valence-corrected chi connectivity index (χ3v) is 9.85. The summed E-state index contributed by atoms with van der Waals surface area (Å²) in [4.78, 5) is 18.1. The molecule has 0 spiro atoms. The van der Waals surface area contributed by atoms with Gasteiger partial charge in [-0.25, -0.2) is 15.0 Å². The molecule has 5 aromatic rings. The van der Waals surface area contributed by atoms with E-state index < -0.39 is 0 Å². The lowest BCUT2D eigenvalue weighted by Gasteiger charge is -2.32. The van der Waals surface area contributed by atoms with Crippen LogP contribution in [0.1, 0.15) is 67.5 Å². The summed E-state index contributed by atoms with van der Waals surface area (Å²) in [5.41, 5.74) is 9.91. The molecule has 3 aliphatic carbocycles. The van der Waals surface area contributed by atoms with E-state index in [0.29, 0.717) is 29.7 Å². The van der Waals surface area contributed by atoms with Crippen LogP contribution in [0.4, 0.5) is 5.69 Å². The maximum atomic E-state index is 8.47. The summed E-state index contributed by atoms with van der Waals surface area (Å²) in [6.45, 7) is 1.54. The number of aromatic nitrogens is 4. The van der Waals surface area contributed by atoms with Gasteiger partial charge in [-0.2, -0.15) is 10.2 Å². The zero-order valence-corrected chi connectivity index (χ0v) is 27.0. The number of nitriles is 1. The van der Waals surface area contributed by atoms with Crippen LogP contribution in [0.2, 0.25) is 0 Å². The fraction of sp³-hybridized carbons (Fsp3) is 0.325. The van der Waals surface area contributed by atoms with E-state index in [4.69, 9.17) is 10.00 Å². The predicted octanol–water partition coefficient (Wildman–Crippen LogP) is 8.39. The van der Waals surface area contributed by atoms with Crippen LogP contribution in [-0.2, 0) is 17.8 Å². The minimum atomic E-state index is 0.114. The van der Waals surface area contributed by atoms with Crippen molar-refractivity contribution in [3.8, 4) is 6.07 Å². The minimum Gasteiger partial charge on any atom is -0.377 e. The Balaban J connectivity index is 0.000000245. The lowest BCUT2D eigenvalue weighted by molar-refractivity contribution is 0.111. The fourth-order valence-electron chi connectivity index (χ4n) is 7.39. The number of hydrogen-bond donors (Lipinski definition) is 0. The fourth-order valence-corrected chi connectivity index (χ4v) is 7.39. The molecule has 47 heavy (non-hydrogen) atoms. The average Bonchev–Trinajstić information content (AvgIpc) is 3.68. The quantitative estimate of drug-likeness (QED) is 0.169. The van der Waals surface area contributed by atoms with Gasteiger partial charge in [-0.05, 0) is 78.2 Å². The van der Waals surface area contributed by atoms with Gasteiger partial charge >= 0.3 is 0 Å². The van der Waals surface area contributed by atoms with Gasteiger partial charge in [0.25, 0.3) is 0 Å². The Hall–Kier alpha value is -4.93. The molecule has 0 N–H and O–H groups in total. The van der Waals surface area contributed by atoms with Gasteiger partial charge < -0.3 is 9.64 Å². The van der Waals surface area contributed by atoms with Crippen molar-refractivity contribution in [1.29, 1.82) is 5.26 Å². The highest BCUT2D eigenvalue weighted by molar-refractivity contribution is 6.01. The molecule has 7 nitrogen and oxygen atoms in total. The van der Waals surface area contributed by atoms with Gasteiger partial charge in [0.2, 0.25) is 5.82 Å². The second-order valence-electron chi connectivity index (χ2n) is 12.8. The number of allylic oxidation sites excluding steroid dienone is 4. The van der Waals surface area contributed by atoms with Crippen molar-refractivity contribution >= 4 is 33.2 Å². The first-order chi connectivity index (χ1) is 23.2. The Bertz CT molecular complexity index is 1970. The zero-order valence-electron chi connectivity index (χ0n) is 27.0. The molecule has 3 aromatic carbocycles. The number of rotatable bonds is 7. The molecule has 1 saturated carbocycles. The summed E-state index contributed by atoms with van der Waals surface area (Å²) in [7, 11) is 2.32. The average molecular weight is 621 g/mol. The van der Waals surface area contributed by atoms with Gasteiger partial charge in [-0.15, -0.1) is 0 Å². The molecule has 7 heteroatoms. The normalized spacial score (nSPS) is 17.1. The molecule has 2 aromatic heterocycles. The Kier molecular flexibility index (Phi) is 9.30. The van der Waals surface area contributed by atoms with Gasteiger partial charge in [-0.3, -0.25) is 0 Å². The molecular weight excluding hydrogens is 580 g/mol. The van der Waals surface area contributed by atoms with E-state index in [1.807, 2.05) is 6.07 Å². The third kappa shape index (κ3) is 6.79. The summed E-state index contributed by atoms with van der Waals surface area (Å²) >= 11 is 0. The predicted molar refractivity (Wildman–Crippen MR) is 188 cm³/mol. The maximum absolute atomic E-state index is 8.47. The van der Waals surface area contributed by atoms with Gasteiger partial charge in [0.15, 0.2) is 5.65 Å². The molecule has 0 aliphatic heterocycles. The Morgan fingerprint density at radius 1 is 0.936 bits per heavy atom. The van der Waals surface area contributed by atoms with Crippen LogP contribution in [0, 0.1) is 17.2 Å². The van der Waals surface area contributed by atoms with Crippen LogP contribution >= 0.6 is 0 Å². The summed E-state index contributed by atoms with van der Waals surface area (Å²) in [6.07, 6.45) is 19.5. The molecule has 236 valence electrons. The molecule has 3 aliphatic rings. The van der Waals surface area contributed by atoms with Gasteiger partial charge in [-0.1, -0.05) is 85.2 Å². The van der Waals surface area contributed by atoms with E-state index in [9.17, 15) is 0 Å². The second kappa shape index (κ2) is 14.2. The minimum absolute atomic E-state index is 0.114. The first-order valence-electron chi connectivity index (χ1n) is 16.8. The topological polar surface area (TPSA) is 87.8 Å². The second-order valence-corrected chi connectivity index (χ2v) is 12.8. The van der Waals surface area contributed by atoms with Crippen LogP contribution < -0.4 is 4.90 Å². The Morgan fingerprint density at radius 3 is 2.64 bits per heavy atom. The first-order valence-corrected chi connectivity index (χ1v) is 16.8. The van der Waals surface area contributed by atoms with Crippen LogP contribution in [0.3, 0.4) is 0 Å². The molecule has 0 radical (unpaired) electrons. The number of aryl methyl sites for hydroxylation is 1. The maximum Gasteiger partial charge on any atom is 0.234 e. The van der Waals surface area contributed by atoms with Crippen molar-refractivity contribution in [3.05, 3.63) is 119 Å². The van der Waals surface area contributed by atoms with E-state index in [-0.39, 0.29) is 5.82 Å². The molecular formula is C40H40N6O. The number of anilines is 1. The van der Waals surface area contributed by atoms with Gasteiger partial charge in [0.1, 0.15) is 11.6 Å². The van der Waals surface area contributed by atoms with Crippen molar-refractivity contribution in [2.75, 3.05) is 18.6 Å². The summed E-state index contributed by atoms with van der Waals surface area (Å²) in [5.74, 6) is 0.707. The van der Waals surface area contributed by atoms with Crippen molar-refractivity contribution in [2.24, 2.45) is 5.92 Å². The van der Waals surface area contributed by atoms with E-state index in [1.165, 1.54) is 84.1 Å². The largest absolute Gasteiger partial charge is 0.377 e. The van der Waals surface area contributed by atoms with E-state index in [0.717, 1.165) is 19.4 Å². The lowest BCUT2D eigenvalue weighted by atomic mass is 9.76. The molecule has 8 rings (SSSR count). The Morgan fingerprint density at radius 2 is 1.79 bits per heavy atom. The zero-order chi connectivity index (χ0) is 32.0. The monoisotopic (exact) mass is 620 g/mol. The third-order valence-electron chi connectivity index (χ3n) is 9.85. The van der Waals surface area contributed by atoms with E-state index in [2.05, 4.69) is 105 Å². The molecule has 1 unspecified atom stereocenters. The first kappa shape index (κ1) is 30.7. The number of nitrogens with zero attached hydrogens (tertiary/aromatic N) is 6. The highest BCUT2D eigenvalue weighted by Gasteiger charge is 2.27. The van der Waals surface area contributed by atoms with Crippen LogP contribution in [0.25, 0.3) is 27.5 Å². The number of fused-ring (bicyclic) bond motifs is 5. The van der Waals surface area contributed by atoms with Crippen molar-refractivity contribution in [3.63, 3.8) is 0 Å². The lowest BCUT2D eigenvalue weighted by Crippen LogP contribution is -2.29. The highest BCUT2D eigenvalue weighted by Crippen LogP contribution is 2.44. The van der Waals surface area contributed by atoms with Gasteiger partial charge in [0, 0.05) is 43.2 Å². The molecule has 0 bridgehead atoms. The van der Waals surface area contributed by atoms with E-state index >= 15 is 0 Å². The Labute approximate surface area is 276 Å². The number of benzene rings is 3. The molecule has 0 saturated heterocycles. The van der Waals surface area contributed by atoms with Crippen LogP contribution in [0.15, 0.2) is 97.0 Å². The van der Waals surface area contributed by atoms with Crippen LogP contribution in [-0.4, -0.2) is 39.6 Å². The van der Waals surface area contributed by atoms with Gasteiger partial charge in [0.05, 0.1) is 12.8 Å². The molecule has 1 atom stereocenters. The number of ether oxygens (including phenoxy) is 1. The SMILES string of the molecule is CN(c1cccc2ccc3c(c12)CCC1=C3C=CC(CCOCc2ccccc2)C1)C1CCCC1.N#Cc1ncc2nccnc2n1. The smallest absolute Gasteiger partial charge is 0.234 e. The summed E-state index contributed by atoms with van der Waals surface area (Å²) in [6, 6.07) is 24.6. The molecule has 2 heterocycles. The molecule has 0 amide bonds. The standard InChI is InChI=1S/C33H37NO.C7H3N5/c1-34(28-11-5-6-12-28)32-13-7-10-26-15-18-30-29-17-14-24(22-27(29)16-19-31(30)33(26)32)20-21-35-23-25-8-3-2-4-9-25;8-3-6-11-4-5-7(12-6)10-2-1-9-5/h2-4,7-10,13-15,17-18,24,28H,5-6,11-12,16,19-23H2,1H3;1-2,4H. The van der Waals surface area contributed by atoms with Crippen molar-refractivity contribution < 1.29 is 4.74 Å². The number of hydrogen-bond acceptors (Lipinski definition) is 7. The summed E-state index contributed by atoms with van der Waals surface area (Å²) < 4.78 is 5.99. The van der Waals surface area contributed by atoms with Crippen LogP contribution in [0.5, 0.6) is 0 Å². The van der Waals surface area contributed by atoms with Crippen molar-refractivity contribution in [2.45, 2.75) is 64.0 Å². The van der Waals surface area contributed by atoms with Crippen molar-refractivity contribution in [1.82, 2.24) is 19.9 Å². The molecule has 1 fully saturated rings. The van der Waals surface area contributed by atoms with E-state index in [1.54, 1.807) is 17.3 Å².